The first-order valence-electron chi connectivity index (χ1n) is 9.40. The van der Waals surface area contributed by atoms with Gasteiger partial charge in [0.1, 0.15) is 18.2 Å². The largest absolute Gasteiger partial charge is 0.495 e. The van der Waals surface area contributed by atoms with Gasteiger partial charge in [-0.05, 0) is 48.9 Å². The van der Waals surface area contributed by atoms with Crippen molar-refractivity contribution in [3.8, 4) is 17.2 Å². The van der Waals surface area contributed by atoms with Crippen LogP contribution in [0.5, 0.6) is 17.2 Å². The number of hydrogen-bond donors (Lipinski definition) is 1. The third-order valence-corrected chi connectivity index (χ3v) is 4.92. The fourth-order valence-electron chi connectivity index (χ4n) is 2.87. The molecule has 3 aromatic rings. The summed E-state index contributed by atoms with van der Waals surface area (Å²) in [5, 5.41) is 4.20. The Morgan fingerprint density at radius 2 is 1.73 bits per heavy atom. The summed E-state index contributed by atoms with van der Waals surface area (Å²) in [5.41, 5.74) is 2.18. The van der Waals surface area contributed by atoms with Crippen LogP contribution in [0.15, 0.2) is 54.6 Å². The molecule has 0 aliphatic rings. The topological polar surface area (TPSA) is 39.7 Å². The second-order valence-corrected chi connectivity index (χ2v) is 7.24. The van der Waals surface area contributed by atoms with Crippen molar-refractivity contribution < 1.29 is 18.6 Å². The summed E-state index contributed by atoms with van der Waals surface area (Å²) in [6, 6.07) is 15.6. The minimum atomic E-state index is -0.328. The number of hydrogen-bond acceptors (Lipinski definition) is 4. The average Bonchev–Trinajstić information content (AvgIpc) is 2.73. The number of nitrogens with one attached hydrogen (secondary N) is 1. The van der Waals surface area contributed by atoms with E-state index in [4.69, 9.17) is 37.4 Å². The van der Waals surface area contributed by atoms with E-state index in [-0.39, 0.29) is 12.4 Å². The Kier molecular flexibility index (Phi) is 7.66. The van der Waals surface area contributed by atoms with Gasteiger partial charge < -0.3 is 19.5 Å². The molecular weight excluding hydrogens is 428 g/mol. The lowest BCUT2D eigenvalue weighted by Gasteiger charge is -2.16. The highest BCUT2D eigenvalue weighted by molar-refractivity contribution is 6.32. The van der Waals surface area contributed by atoms with Crippen LogP contribution in [-0.4, -0.2) is 13.7 Å². The van der Waals surface area contributed by atoms with Crippen LogP contribution in [0.4, 0.5) is 10.1 Å². The predicted molar refractivity (Wildman–Crippen MR) is 119 cm³/mol. The summed E-state index contributed by atoms with van der Waals surface area (Å²) in [4.78, 5) is 0. The number of benzene rings is 3. The van der Waals surface area contributed by atoms with Gasteiger partial charge >= 0.3 is 0 Å². The minimum absolute atomic E-state index is 0.0500. The quantitative estimate of drug-likeness (QED) is 0.392. The smallest absolute Gasteiger partial charge is 0.180 e. The third kappa shape index (κ3) is 5.49. The Hall–Kier alpha value is -2.63. The van der Waals surface area contributed by atoms with E-state index in [1.165, 1.54) is 6.07 Å². The van der Waals surface area contributed by atoms with E-state index < -0.39 is 0 Å². The van der Waals surface area contributed by atoms with Crippen LogP contribution in [0.25, 0.3) is 0 Å². The number of anilines is 1. The summed E-state index contributed by atoms with van der Waals surface area (Å²) < 4.78 is 30.5. The van der Waals surface area contributed by atoms with E-state index in [0.717, 1.165) is 11.3 Å². The standard InChI is InChI=1S/C23H22Cl2FNO3/c1-3-29-22-11-15(13-27-17-8-9-21(28-2)18(24)12-17)10-19(25)23(22)30-14-16-6-4-5-7-20(16)26/h4-12,27H,3,13-14H2,1-2H3. The van der Waals surface area contributed by atoms with E-state index in [2.05, 4.69) is 5.32 Å². The molecule has 0 radical (unpaired) electrons. The molecule has 1 N–H and O–H groups in total. The molecule has 4 nitrogen and oxygen atoms in total. The minimum Gasteiger partial charge on any atom is -0.495 e. The lowest BCUT2D eigenvalue weighted by atomic mass is 10.2. The van der Waals surface area contributed by atoms with Gasteiger partial charge in [0.25, 0.3) is 0 Å². The van der Waals surface area contributed by atoms with Crippen molar-refractivity contribution in [1.82, 2.24) is 0 Å². The highest BCUT2D eigenvalue weighted by Gasteiger charge is 2.14. The zero-order valence-electron chi connectivity index (χ0n) is 16.7. The van der Waals surface area contributed by atoms with Gasteiger partial charge in [-0.2, -0.15) is 0 Å². The molecule has 7 heteroatoms. The normalized spacial score (nSPS) is 10.6. The number of ether oxygens (including phenoxy) is 3. The van der Waals surface area contributed by atoms with Gasteiger partial charge in [0.15, 0.2) is 11.5 Å². The van der Waals surface area contributed by atoms with Gasteiger partial charge in [0.05, 0.1) is 23.8 Å². The second kappa shape index (κ2) is 10.4. The molecule has 30 heavy (non-hydrogen) atoms. The van der Waals surface area contributed by atoms with E-state index in [1.54, 1.807) is 43.5 Å². The third-order valence-electron chi connectivity index (χ3n) is 4.35. The Bertz CT molecular complexity index is 1010. The Morgan fingerprint density at radius 3 is 2.43 bits per heavy atom. The van der Waals surface area contributed by atoms with Gasteiger partial charge in [0, 0.05) is 17.8 Å². The van der Waals surface area contributed by atoms with Crippen molar-refractivity contribution in [2.45, 2.75) is 20.1 Å². The van der Waals surface area contributed by atoms with Crippen LogP contribution in [-0.2, 0) is 13.2 Å². The summed E-state index contributed by atoms with van der Waals surface area (Å²) in [6.45, 7) is 2.86. The first-order chi connectivity index (χ1) is 14.5. The zero-order chi connectivity index (χ0) is 21.5. The van der Waals surface area contributed by atoms with Crippen LogP contribution in [0.1, 0.15) is 18.1 Å². The molecule has 0 aliphatic carbocycles. The monoisotopic (exact) mass is 449 g/mol. The second-order valence-electron chi connectivity index (χ2n) is 6.42. The SMILES string of the molecule is CCOc1cc(CNc2ccc(OC)c(Cl)c2)cc(Cl)c1OCc1ccccc1F. The fraction of sp³-hybridized carbons (Fsp3) is 0.217. The summed E-state index contributed by atoms with van der Waals surface area (Å²) in [6.07, 6.45) is 0. The van der Waals surface area contributed by atoms with Crippen molar-refractivity contribution in [1.29, 1.82) is 0 Å². The molecule has 3 rings (SSSR count). The molecule has 158 valence electrons. The van der Waals surface area contributed by atoms with Gasteiger partial charge in [-0.1, -0.05) is 41.4 Å². The Morgan fingerprint density at radius 1 is 0.933 bits per heavy atom. The molecule has 0 saturated carbocycles. The molecule has 0 aliphatic heterocycles. The van der Waals surface area contributed by atoms with Gasteiger partial charge in [0.2, 0.25) is 0 Å². The first kappa shape index (κ1) is 22.1. The predicted octanol–water partition coefficient (Wildman–Crippen LogP) is 6.73. The number of methoxy groups -OCH3 is 1. The van der Waals surface area contributed by atoms with Crippen LogP contribution < -0.4 is 19.5 Å². The molecule has 0 aromatic heterocycles. The zero-order valence-corrected chi connectivity index (χ0v) is 18.2. The van der Waals surface area contributed by atoms with Gasteiger partial charge in [-0.3, -0.25) is 0 Å². The van der Waals surface area contributed by atoms with Gasteiger partial charge in [-0.25, -0.2) is 4.39 Å². The molecule has 0 spiro atoms. The van der Waals surface area contributed by atoms with Crippen molar-refractivity contribution in [2.75, 3.05) is 19.0 Å². The lowest BCUT2D eigenvalue weighted by Crippen LogP contribution is -2.04. The molecule has 0 amide bonds. The average molecular weight is 450 g/mol. The highest BCUT2D eigenvalue weighted by Crippen LogP contribution is 2.37. The maximum absolute atomic E-state index is 13.9. The Labute approximate surface area is 185 Å². The van der Waals surface area contributed by atoms with E-state index in [1.807, 2.05) is 19.1 Å². The van der Waals surface area contributed by atoms with Crippen LogP contribution >= 0.6 is 23.2 Å². The lowest BCUT2D eigenvalue weighted by molar-refractivity contribution is 0.266. The van der Waals surface area contributed by atoms with Crippen LogP contribution in [0, 0.1) is 5.82 Å². The summed E-state index contributed by atoms with van der Waals surface area (Å²) >= 11 is 12.6. The van der Waals surface area contributed by atoms with Crippen molar-refractivity contribution in [2.24, 2.45) is 0 Å². The van der Waals surface area contributed by atoms with Crippen LogP contribution in [0.2, 0.25) is 10.0 Å². The summed E-state index contributed by atoms with van der Waals surface area (Å²) in [5.74, 6) is 1.18. The number of halogens is 3. The van der Waals surface area contributed by atoms with Gasteiger partial charge in [-0.15, -0.1) is 0 Å². The molecule has 3 aromatic carbocycles. The van der Waals surface area contributed by atoms with Crippen molar-refractivity contribution >= 4 is 28.9 Å². The molecular formula is C23H22Cl2FNO3. The molecule has 0 fully saturated rings. The van der Waals surface area contributed by atoms with Crippen molar-refractivity contribution in [3.05, 3.63) is 81.6 Å². The van der Waals surface area contributed by atoms with E-state index in [9.17, 15) is 4.39 Å². The van der Waals surface area contributed by atoms with Crippen molar-refractivity contribution in [3.63, 3.8) is 0 Å². The molecule has 0 heterocycles. The summed E-state index contributed by atoms with van der Waals surface area (Å²) in [7, 11) is 1.57. The number of rotatable bonds is 9. The van der Waals surface area contributed by atoms with Crippen LogP contribution in [0.3, 0.4) is 0 Å². The Balaban J connectivity index is 1.75. The molecule has 0 atom stereocenters. The highest BCUT2D eigenvalue weighted by atomic mass is 35.5. The molecule has 0 saturated heterocycles. The first-order valence-corrected chi connectivity index (χ1v) is 10.2. The fourth-order valence-corrected chi connectivity index (χ4v) is 3.42. The van der Waals surface area contributed by atoms with E-state index >= 15 is 0 Å². The molecule has 0 bridgehead atoms. The maximum atomic E-state index is 13.9. The maximum Gasteiger partial charge on any atom is 0.180 e. The van der Waals surface area contributed by atoms with E-state index in [0.29, 0.717) is 46.0 Å². The molecule has 0 unspecified atom stereocenters.